The van der Waals surface area contributed by atoms with Gasteiger partial charge < -0.3 is 155 Å². The third kappa shape index (κ3) is 12.9. The number of aliphatic hydroxyl groups excluding tert-OH is 18. The van der Waals surface area contributed by atoms with E-state index in [1.54, 1.807) is 0 Å². The lowest BCUT2D eigenvalue weighted by molar-refractivity contribution is -0.386. The fourth-order valence-electron chi connectivity index (χ4n) is 9.32. The number of nitrogens with one attached hydrogen (secondary N) is 2. The fraction of sp³-hybridized carbons (Fsp3) is 0.950. The zero-order chi connectivity index (χ0) is 53.9. The van der Waals surface area contributed by atoms with Crippen LogP contribution in [0.15, 0.2) is 0 Å². The van der Waals surface area contributed by atoms with Crippen LogP contribution in [-0.2, 0) is 61.7 Å². The lowest BCUT2D eigenvalue weighted by Gasteiger charge is -2.51. The molecule has 73 heavy (non-hydrogen) atoms. The number of rotatable bonds is 18. The Hall–Kier alpha value is -2.22. The molecule has 0 bridgehead atoms. The van der Waals surface area contributed by atoms with Gasteiger partial charge in [0.2, 0.25) is 11.8 Å². The van der Waals surface area contributed by atoms with Crippen molar-refractivity contribution in [2.45, 2.75) is 198 Å². The summed E-state index contributed by atoms with van der Waals surface area (Å²) in [6.45, 7) is -3.79. The van der Waals surface area contributed by atoms with Gasteiger partial charge in [0.05, 0.1) is 39.6 Å². The molecular weight excluding hydrogens is 1000 g/mol. The minimum Gasteiger partial charge on any atom is -0.394 e. The quantitative estimate of drug-likeness (QED) is 0.0606. The summed E-state index contributed by atoms with van der Waals surface area (Å²) in [5, 5.41) is 196. The Bertz CT molecular complexity index is 1750. The Morgan fingerprint density at radius 3 is 0.986 bits per heavy atom. The number of hydrogen-bond donors (Lipinski definition) is 20. The van der Waals surface area contributed by atoms with E-state index < -0.39 is 236 Å². The Morgan fingerprint density at radius 1 is 0.329 bits per heavy atom. The van der Waals surface area contributed by atoms with Crippen LogP contribution < -0.4 is 10.6 Å². The highest BCUT2D eigenvalue weighted by molar-refractivity contribution is 5.73. The summed E-state index contributed by atoms with van der Waals surface area (Å²) >= 11 is 0. The number of amides is 2. The second kappa shape index (κ2) is 26.0. The molecule has 0 aromatic rings. The van der Waals surface area contributed by atoms with E-state index >= 15 is 0 Å². The second-order valence-electron chi connectivity index (χ2n) is 18.2. The van der Waals surface area contributed by atoms with Crippen molar-refractivity contribution < 1.29 is 154 Å². The molecule has 424 valence electrons. The molecule has 6 aliphatic heterocycles. The van der Waals surface area contributed by atoms with E-state index in [2.05, 4.69) is 10.6 Å². The Balaban J connectivity index is 1.21. The highest BCUT2D eigenvalue weighted by Crippen LogP contribution is 2.37. The smallest absolute Gasteiger partial charge is 0.217 e. The van der Waals surface area contributed by atoms with Gasteiger partial charge in [-0.1, -0.05) is 0 Å². The molecule has 0 unspecified atom stereocenters. The van der Waals surface area contributed by atoms with Gasteiger partial charge in [0.25, 0.3) is 0 Å². The third-order valence-corrected chi connectivity index (χ3v) is 13.2. The van der Waals surface area contributed by atoms with Crippen molar-refractivity contribution >= 4 is 11.8 Å². The van der Waals surface area contributed by atoms with Gasteiger partial charge in [0, 0.05) is 13.8 Å². The first-order chi connectivity index (χ1) is 34.5. The minimum atomic E-state index is -2.21. The van der Waals surface area contributed by atoms with Crippen LogP contribution in [0.5, 0.6) is 0 Å². The average molecular weight is 1070 g/mol. The van der Waals surface area contributed by atoms with Crippen molar-refractivity contribution in [2.75, 3.05) is 39.6 Å². The van der Waals surface area contributed by atoms with Crippen LogP contribution in [-0.4, -0.2) is 327 Å². The first-order valence-corrected chi connectivity index (χ1v) is 23.1. The minimum absolute atomic E-state index is 0.829. The maximum absolute atomic E-state index is 12.6. The van der Waals surface area contributed by atoms with Crippen molar-refractivity contribution in [3.63, 3.8) is 0 Å². The highest BCUT2D eigenvalue weighted by atomic mass is 16.8. The Labute approximate surface area is 413 Å². The molecule has 6 heterocycles. The van der Waals surface area contributed by atoms with E-state index in [9.17, 15) is 102 Å². The molecule has 0 radical (unpaired) electrons. The van der Waals surface area contributed by atoms with Crippen molar-refractivity contribution in [2.24, 2.45) is 0 Å². The summed E-state index contributed by atoms with van der Waals surface area (Å²) in [7, 11) is 0. The Morgan fingerprint density at radius 2 is 0.630 bits per heavy atom. The van der Waals surface area contributed by atoms with Crippen LogP contribution >= 0.6 is 0 Å². The highest BCUT2D eigenvalue weighted by Gasteiger charge is 2.58. The monoisotopic (exact) mass is 1070 g/mol. The molecule has 0 spiro atoms. The van der Waals surface area contributed by atoms with Gasteiger partial charge in [-0.2, -0.15) is 0 Å². The van der Waals surface area contributed by atoms with Crippen LogP contribution in [0.3, 0.4) is 0 Å². The zero-order valence-corrected chi connectivity index (χ0v) is 38.9. The third-order valence-electron chi connectivity index (χ3n) is 13.2. The maximum Gasteiger partial charge on any atom is 0.217 e. The van der Waals surface area contributed by atoms with E-state index in [4.69, 9.17) is 52.1 Å². The van der Waals surface area contributed by atoms with Gasteiger partial charge in [-0.05, 0) is 0 Å². The molecule has 0 aliphatic carbocycles. The second-order valence-corrected chi connectivity index (χ2v) is 18.2. The van der Waals surface area contributed by atoms with Crippen molar-refractivity contribution in [1.29, 1.82) is 0 Å². The van der Waals surface area contributed by atoms with Crippen molar-refractivity contribution in [1.82, 2.24) is 10.6 Å². The van der Waals surface area contributed by atoms with Crippen LogP contribution in [0.25, 0.3) is 0 Å². The summed E-state index contributed by atoms with van der Waals surface area (Å²) in [6, 6.07) is -3.53. The maximum atomic E-state index is 12.6. The SMILES string of the molecule is CC(=O)N[C@H]1[C@H](O[C@H]2[C@@H](O)[C@@H](CO)O[C@@H](O[C@H]3[C@H](O)[C@@H](NC(C)=O)[C@H](O[C@H]4[C@@H](O)[C@@H](CO)O[C@@H](O[C@H]5[C@H](O)[C@@H](O)[C@H](O)O[C@@H]5CO)[C@@H]4O)O[C@@H]3CO)[C@@H]2O)O[C@H](CO)[C@@H](O[C@@H]2O[C@H](CO)[C@H](O)[C@H](O)[C@H]2O)[C@@H]1O. The van der Waals surface area contributed by atoms with Gasteiger partial charge in [0.1, 0.15) is 146 Å². The molecule has 30 atom stereocenters. The van der Waals surface area contributed by atoms with Crippen LogP contribution in [0.2, 0.25) is 0 Å². The van der Waals surface area contributed by atoms with Gasteiger partial charge in [0.15, 0.2) is 37.7 Å². The van der Waals surface area contributed by atoms with Crippen LogP contribution in [0.1, 0.15) is 13.8 Å². The average Bonchev–Trinajstić information content (AvgIpc) is 3.36. The molecular formula is C40H68N2O31. The number of ether oxygens (including phenoxy) is 11. The van der Waals surface area contributed by atoms with Gasteiger partial charge >= 0.3 is 0 Å². The molecule has 0 saturated carbocycles. The van der Waals surface area contributed by atoms with E-state index in [0.717, 1.165) is 13.8 Å². The standard InChI is InChI=1S/C40H68N2O31/c1-9(49)41-17-22(54)30(69-38-27(59)24(56)19(51)11(3-43)64-38)15(7-47)67-36(17)72-33-20(52)12(4-44)65-39(28(33)60)70-31-16(8-48)68-37(18(23(31)55)42-10(2)50)73-34-21(53)13(5-45)66-40(29(34)61)71-32-14(6-46)63-35(62)26(58)25(32)57/h11-40,43-48,51-62H,3-8H2,1-2H3,(H,41,49)(H,42,50)/t11-,12-,13-,14-,15-,16-,17-,18-,19+,20+,21+,22-,23-,24+,25-,26-,27-,28-,29-,30-,31-,32-,33+,34+,35-,36+,37+,38+,39+,40+/m1/s1. The molecule has 2 amide bonds. The molecule has 0 aromatic carbocycles. The zero-order valence-electron chi connectivity index (χ0n) is 38.9. The fourth-order valence-corrected chi connectivity index (χ4v) is 9.32. The van der Waals surface area contributed by atoms with E-state index in [0.29, 0.717) is 0 Å². The molecule has 6 saturated heterocycles. The summed E-state index contributed by atoms with van der Waals surface area (Å²) in [6.07, 6.45) is -52.9. The number of carbonyl (C=O) groups excluding carboxylic acids is 2. The summed E-state index contributed by atoms with van der Waals surface area (Å²) in [5.41, 5.74) is 0. The molecule has 6 aliphatic rings. The molecule has 33 nitrogen and oxygen atoms in total. The van der Waals surface area contributed by atoms with E-state index in [-0.39, 0.29) is 0 Å². The summed E-state index contributed by atoms with van der Waals surface area (Å²) < 4.78 is 62.4. The van der Waals surface area contributed by atoms with Crippen molar-refractivity contribution in [3.05, 3.63) is 0 Å². The first kappa shape index (κ1) is 60.0. The number of carbonyl (C=O) groups is 2. The number of aliphatic hydroxyl groups is 18. The van der Waals surface area contributed by atoms with Gasteiger partial charge in [-0.3, -0.25) is 9.59 Å². The predicted octanol–water partition coefficient (Wildman–Crippen LogP) is -13.8. The molecule has 0 aromatic heterocycles. The molecule has 20 N–H and O–H groups in total. The lowest BCUT2D eigenvalue weighted by atomic mass is 9.93. The molecule has 33 heteroatoms. The number of hydrogen-bond acceptors (Lipinski definition) is 31. The summed E-state index contributed by atoms with van der Waals surface area (Å²) in [5.74, 6) is -1.69. The van der Waals surface area contributed by atoms with Gasteiger partial charge in [-0.15, -0.1) is 0 Å². The van der Waals surface area contributed by atoms with E-state index in [1.165, 1.54) is 0 Å². The van der Waals surface area contributed by atoms with Crippen LogP contribution in [0, 0.1) is 0 Å². The molecule has 6 fully saturated rings. The van der Waals surface area contributed by atoms with E-state index in [1.807, 2.05) is 0 Å². The summed E-state index contributed by atoms with van der Waals surface area (Å²) in [4.78, 5) is 25.0. The first-order valence-electron chi connectivity index (χ1n) is 23.1. The lowest BCUT2D eigenvalue weighted by Crippen LogP contribution is -2.70. The predicted molar refractivity (Wildman–Crippen MR) is 222 cm³/mol. The Kier molecular flexibility index (Phi) is 21.3. The van der Waals surface area contributed by atoms with Gasteiger partial charge in [-0.25, -0.2) is 0 Å². The van der Waals surface area contributed by atoms with Crippen molar-refractivity contribution in [3.8, 4) is 0 Å². The topological polar surface area (TPSA) is 524 Å². The largest absolute Gasteiger partial charge is 0.394 e. The molecule has 6 rings (SSSR count). The normalized spacial score (nSPS) is 49.8. The van der Waals surface area contributed by atoms with Crippen LogP contribution in [0.4, 0.5) is 0 Å².